The van der Waals surface area contributed by atoms with Crippen LogP contribution in [0.15, 0.2) is 12.7 Å². The second-order valence-electron chi connectivity index (χ2n) is 4.63. The maximum Gasteiger partial charge on any atom is 0.325 e. The van der Waals surface area contributed by atoms with Crippen LogP contribution in [0.1, 0.15) is 39.0 Å². The average Bonchev–Trinajstić information content (AvgIpc) is 2.24. The molecule has 0 radical (unpaired) electrons. The van der Waals surface area contributed by atoms with Crippen LogP contribution in [0.3, 0.4) is 0 Å². The number of thiol groups is 1. The lowest BCUT2D eigenvalue weighted by atomic mass is 9.86. The predicted octanol–water partition coefficient (Wildman–Crippen LogP) is 2.83. The number of unbranched alkanes of at least 4 members (excludes halogenated alkanes) is 2. The molecule has 2 atom stereocenters. The van der Waals surface area contributed by atoms with Gasteiger partial charge in [-0.2, -0.15) is 12.6 Å². The molecule has 0 aliphatic heterocycles. The highest BCUT2D eigenvalue weighted by molar-refractivity contribution is 7.81. The lowest BCUT2D eigenvalue weighted by Crippen LogP contribution is -2.57. The van der Waals surface area contributed by atoms with Crippen molar-refractivity contribution in [2.75, 3.05) is 14.1 Å². The van der Waals surface area contributed by atoms with Crippen molar-refractivity contribution in [3.8, 4) is 0 Å². The van der Waals surface area contributed by atoms with E-state index in [4.69, 9.17) is 0 Å². The second kappa shape index (κ2) is 7.77. The minimum atomic E-state index is -0.946. The van der Waals surface area contributed by atoms with Gasteiger partial charge in [0.15, 0.2) is 0 Å². The first-order chi connectivity index (χ1) is 7.93. The van der Waals surface area contributed by atoms with E-state index in [9.17, 15) is 9.90 Å². The van der Waals surface area contributed by atoms with E-state index in [1.807, 2.05) is 0 Å². The molecule has 0 aromatic rings. The highest BCUT2D eigenvalue weighted by Gasteiger charge is 2.45. The Hall–Kier alpha value is -0.480. The Morgan fingerprint density at radius 2 is 2.12 bits per heavy atom. The standard InChI is InChI=1S/C13H25NO2S/c1-5-7-8-9-11(17)13(10-6-2,12(15)16)14(3)4/h6,11,17H,2,5,7-10H2,1,3-4H3,(H,15,16)/t11?,13-/m0/s1. The molecule has 0 saturated carbocycles. The average molecular weight is 259 g/mol. The molecule has 1 N–H and O–H groups in total. The van der Waals surface area contributed by atoms with Crippen molar-refractivity contribution < 1.29 is 9.90 Å². The van der Waals surface area contributed by atoms with Crippen molar-refractivity contribution in [1.29, 1.82) is 0 Å². The van der Waals surface area contributed by atoms with Gasteiger partial charge in [-0.25, -0.2) is 0 Å². The van der Waals surface area contributed by atoms with Gasteiger partial charge >= 0.3 is 5.97 Å². The van der Waals surface area contributed by atoms with Gasteiger partial charge in [-0.05, 0) is 26.9 Å². The molecule has 0 aliphatic rings. The Bertz CT molecular complexity index is 256. The Balaban J connectivity index is 4.87. The number of hydrogen-bond donors (Lipinski definition) is 2. The number of aliphatic carboxylic acids is 1. The molecule has 0 saturated heterocycles. The predicted molar refractivity (Wildman–Crippen MR) is 75.8 cm³/mol. The first-order valence-electron chi connectivity index (χ1n) is 6.13. The molecule has 0 spiro atoms. The van der Waals surface area contributed by atoms with E-state index in [-0.39, 0.29) is 5.25 Å². The SMILES string of the molecule is C=CC[C@@](C(=O)O)(C(S)CCCCC)N(C)C. The number of rotatable bonds is 9. The van der Waals surface area contributed by atoms with Gasteiger partial charge in [0.2, 0.25) is 0 Å². The molecule has 0 bridgehead atoms. The van der Waals surface area contributed by atoms with Crippen molar-refractivity contribution in [1.82, 2.24) is 4.90 Å². The summed E-state index contributed by atoms with van der Waals surface area (Å²) in [6.45, 7) is 5.80. The first kappa shape index (κ1) is 16.5. The van der Waals surface area contributed by atoms with E-state index in [1.165, 1.54) is 0 Å². The van der Waals surface area contributed by atoms with Gasteiger partial charge in [0.05, 0.1) is 0 Å². The third-order valence-electron chi connectivity index (χ3n) is 3.26. The monoisotopic (exact) mass is 259 g/mol. The van der Waals surface area contributed by atoms with Gasteiger partial charge < -0.3 is 5.11 Å². The second-order valence-corrected chi connectivity index (χ2v) is 5.25. The molecule has 0 amide bonds. The van der Waals surface area contributed by atoms with Gasteiger partial charge in [0, 0.05) is 5.25 Å². The third-order valence-corrected chi connectivity index (χ3v) is 3.94. The molecule has 100 valence electrons. The number of carbonyl (C=O) groups is 1. The number of carboxylic acids is 1. The van der Waals surface area contributed by atoms with Crippen LogP contribution in [0.2, 0.25) is 0 Å². The van der Waals surface area contributed by atoms with Gasteiger partial charge in [-0.3, -0.25) is 9.69 Å². The van der Waals surface area contributed by atoms with Crippen LogP contribution >= 0.6 is 12.6 Å². The number of likely N-dealkylation sites (N-methyl/N-ethyl adjacent to an activating group) is 1. The largest absolute Gasteiger partial charge is 0.480 e. The Morgan fingerprint density at radius 1 is 1.53 bits per heavy atom. The van der Waals surface area contributed by atoms with E-state index < -0.39 is 11.5 Å². The molecule has 0 rings (SSSR count). The van der Waals surface area contributed by atoms with Crippen LogP contribution in [-0.4, -0.2) is 40.9 Å². The van der Waals surface area contributed by atoms with Crippen LogP contribution in [-0.2, 0) is 4.79 Å². The summed E-state index contributed by atoms with van der Waals surface area (Å²) < 4.78 is 0. The van der Waals surface area contributed by atoms with Crippen molar-refractivity contribution in [2.45, 2.75) is 49.8 Å². The third kappa shape index (κ3) is 4.03. The molecule has 0 aliphatic carbocycles. The van der Waals surface area contributed by atoms with E-state index in [0.29, 0.717) is 6.42 Å². The number of nitrogens with zero attached hydrogens (tertiary/aromatic N) is 1. The summed E-state index contributed by atoms with van der Waals surface area (Å²) in [5, 5.41) is 9.33. The molecule has 3 nitrogen and oxygen atoms in total. The fourth-order valence-electron chi connectivity index (χ4n) is 2.08. The van der Waals surface area contributed by atoms with Gasteiger partial charge in [-0.1, -0.05) is 32.3 Å². The molecule has 1 unspecified atom stereocenters. The zero-order valence-corrected chi connectivity index (χ0v) is 12.0. The fourth-order valence-corrected chi connectivity index (χ4v) is 2.71. The molecule has 4 heteroatoms. The Kier molecular flexibility index (Phi) is 7.55. The maximum absolute atomic E-state index is 11.6. The Labute approximate surface area is 110 Å². The minimum absolute atomic E-state index is 0.181. The van der Waals surface area contributed by atoms with Crippen LogP contribution in [0, 0.1) is 0 Å². The van der Waals surface area contributed by atoms with Crippen LogP contribution in [0.4, 0.5) is 0 Å². The van der Waals surface area contributed by atoms with Crippen LogP contribution < -0.4 is 0 Å². The Morgan fingerprint density at radius 3 is 2.47 bits per heavy atom. The van der Waals surface area contributed by atoms with Crippen molar-refractivity contribution in [3.05, 3.63) is 12.7 Å². The molecule has 0 aromatic heterocycles. The summed E-state index contributed by atoms with van der Waals surface area (Å²) in [6.07, 6.45) is 6.16. The molecule has 0 heterocycles. The zero-order valence-electron chi connectivity index (χ0n) is 11.1. The van der Waals surface area contributed by atoms with Crippen molar-refractivity contribution in [3.63, 3.8) is 0 Å². The van der Waals surface area contributed by atoms with Gasteiger partial charge in [-0.15, -0.1) is 6.58 Å². The summed E-state index contributed by atoms with van der Waals surface area (Å²) >= 11 is 4.53. The number of carboxylic acid groups (broad SMARTS) is 1. The van der Waals surface area contributed by atoms with Crippen molar-refractivity contribution >= 4 is 18.6 Å². The summed E-state index contributed by atoms with van der Waals surface area (Å²) in [6, 6.07) is 0. The summed E-state index contributed by atoms with van der Waals surface area (Å²) in [4.78, 5) is 13.3. The smallest absolute Gasteiger partial charge is 0.325 e. The summed E-state index contributed by atoms with van der Waals surface area (Å²) in [7, 11) is 3.58. The van der Waals surface area contributed by atoms with E-state index in [1.54, 1.807) is 25.1 Å². The maximum atomic E-state index is 11.6. The number of hydrogen-bond acceptors (Lipinski definition) is 3. The van der Waals surface area contributed by atoms with Crippen molar-refractivity contribution in [2.24, 2.45) is 0 Å². The highest BCUT2D eigenvalue weighted by Crippen LogP contribution is 2.30. The van der Waals surface area contributed by atoms with E-state index >= 15 is 0 Å². The van der Waals surface area contributed by atoms with E-state index in [2.05, 4.69) is 26.1 Å². The molecule has 0 fully saturated rings. The molecular formula is C13H25NO2S. The highest BCUT2D eigenvalue weighted by atomic mass is 32.1. The molecular weight excluding hydrogens is 234 g/mol. The minimum Gasteiger partial charge on any atom is -0.480 e. The summed E-state index contributed by atoms with van der Waals surface area (Å²) in [5.74, 6) is -0.820. The quantitative estimate of drug-likeness (QED) is 0.380. The van der Waals surface area contributed by atoms with Gasteiger partial charge in [0.1, 0.15) is 5.54 Å². The van der Waals surface area contributed by atoms with Crippen LogP contribution in [0.5, 0.6) is 0 Å². The van der Waals surface area contributed by atoms with Crippen LogP contribution in [0.25, 0.3) is 0 Å². The lowest BCUT2D eigenvalue weighted by Gasteiger charge is -2.39. The topological polar surface area (TPSA) is 40.5 Å². The summed E-state index contributed by atoms with van der Waals surface area (Å²) in [5.41, 5.74) is -0.946. The lowest BCUT2D eigenvalue weighted by molar-refractivity contribution is -0.149. The first-order valence-corrected chi connectivity index (χ1v) is 6.64. The van der Waals surface area contributed by atoms with Gasteiger partial charge in [0.25, 0.3) is 0 Å². The van der Waals surface area contributed by atoms with E-state index in [0.717, 1.165) is 25.7 Å². The fraction of sp³-hybridized carbons (Fsp3) is 0.769. The molecule has 17 heavy (non-hydrogen) atoms. The normalized spacial score (nSPS) is 16.5. The molecule has 0 aromatic carbocycles. The zero-order chi connectivity index (χ0) is 13.5.